The number of piperidine rings is 1. The Morgan fingerprint density at radius 1 is 1.16 bits per heavy atom. The number of amides is 2. The SMILES string of the molecule is COCCCOc1ccc(-c2nc(C(C)(C)NC(=O)N3CCN4CCC3CC4)cs2)cc1. The molecule has 8 heteroatoms. The lowest BCUT2D eigenvalue weighted by Crippen LogP contribution is -2.52. The number of aromatic nitrogens is 1. The molecule has 0 atom stereocenters. The third kappa shape index (κ3) is 5.42. The Morgan fingerprint density at radius 3 is 2.62 bits per heavy atom. The van der Waals surface area contributed by atoms with Gasteiger partial charge in [-0.15, -0.1) is 11.3 Å². The minimum atomic E-state index is -0.541. The molecule has 3 fully saturated rings. The van der Waals surface area contributed by atoms with Crippen LogP contribution in [0, 0.1) is 0 Å². The zero-order chi connectivity index (χ0) is 22.6. The van der Waals surface area contributed by atoms with Crippen LogP contribution < -0.4 is 10.1 Å². The van der Waals surface area contributed by atoms with Gasteiger partial charge in [0.25, 0.3) is 0 Å². The van der Waals surface area contributed by atoms with Gasteiger partial charge in [0.15, 0.2) is 0 Å². The van der Waals surface area contributed by atoms with Crippen LogP contribution >= 0.6 is 11.3 Å². The van der Waals surface area contributed by atoms with Gasteiger partial charge in [0, 0.05) is 63.3 Å². The summed E-state index contributed by atoms with van der Waals surface area (Å²) in [4.78, 5) is 22.5. The topological polar surface area (TPSA) is 66.9 Å². The Kier molecular flexibility index (Phi) is 7.33. The van der Waals surface area contributed by atoms with Crippen LogP contribution in [0.2, 0.25) is 0 Å². The number of rotatable bonds is 8. The predicted octanol–water partition coefficient (Wildman–Crippen LogP) is 3.95. The summed E-state index contributed by atoms with van der Waals surface area (Å²) in [6.45, 7) is 9.36. The molecule has 0 saturated carbocycles. The molecular weight excluding hydrogens is 424 g/mol. The molecule has 3 aliphatic rings. The van der Waals surface area contributed by atoms with E-state index in [0.29, 0.717) is 19.3 Å². The lowest BCUT2D eigenvalue weighted by Gasteiger charge is -2.34. The van der Waals surface area contributed by atoms with Gasteiger partial charge in [-0.2, -0.15) is 0 Å². The van der Waals surface area contributed by atoms with Crippen LogP contribution in [0.15, 0.2) is 29.6 Å². The van der Waals surface area contributed by atoms with Crippen molar-refractivity contribution in [3.63, 3.8) is 0 Å². The first-order valence-corrected chi connectivity index (χ1v) is 12.3. The number of fused-ring (bicyclic) bond motifs is 4. The molecule has 0 spiro atoms. The highest BCUT2D eigenvalue weighted by Gasteiger charge is 2.35. The number of nitrogens with one attached hydrogen (secondary N) is 1. The maximum atomic E-state index is 13.1. The summed E-state index contributed by atoms with van der Waals surface area (Å²) in [7, 11) is 1.70. The van der Waals surface area contributed by atoms with E-state index in [1.54, 1.807) is 18.4 Å². The average molecular weight is 459 g/mol. The van der Waals surface area contributed by atoms with E-state index < -0.39 is 5.54 Å². The number of hydrogen-bond donors (Lipinski definition) is 1. The van der Waals surface area contributed by atoms with Crippen molar-refractivity contribution in [3.05, 3.63) is 35.3 Å². The molecule has 0 aliphatic carbocycles. The van der Waals surface area contributed by atoms with Crippen molar-refractivity contribution < 1.29 is 14.3 Å². The molecule has 7 nitrogen and oxygen atoms in total. The van der Waals surface area contributed by atoms with Gasteiger partial charge in [-0.05, 0) is 51.0 Å². The third-order valence-corrected chi connectivity index (χ3v) is 7.23. The van der Waals surface area contributed by atoms with E-state index in [9.17, 15) is 4.79 Å². The quantitative estimate of drug-likeness (QED) is 0.607. The van der Waals surface area contributed by atoms with Gasteiger partial charge in [0.05, 0.1) is 17.8 Å². The number of nitrogens with zero attached hydrogens (tertiary/aromatic N) is 3. The first-order chi connectivity index (χ1) is 15.5. The summed E-state index contributed by atoms with van der Waals surface area (Å²) in [5, 5.41) is 6.23. The molecule has 5 rings (SSSR count). The van der Waals surface area contributed by atoms with Gasteiger partial charge >= 0.3 is 6.03 Å². The predicted molar refractivity (Wildman–Crippen MR) is 127 cm³/mol. The largest absolute Gasteiger partial charge is 0.494 e. The normalized spacial score (nSPS) is 20.8. The van der Waals surface area contributed by atoms with Crippen LogP contribution in [0.4, 0.5) is 4.79 Å². The molecule has 2 aromatic rings. The second kappa shape index (κ2) is 10.2. The molecule has 1 aromatic carbocycles. The van der Waals surface area contributed by atoms with Gasteiger partial charge in [-0.25, -0.2) is 9.78 Å². The molecule has 2 amide bonds. The lowest BCUT2D eigenvalue weighted by atomic mass is 10.0. The van der Waals surface area contributed by atoms with E-state index in [0.717, 1.165) is 67.5 Å². The monoisotopic (exact) mass is 458 g/mol. The minimum absolute atomic E-state index is 0.0216. The molecule has 1 aromatic heterocycles. The highest BCUT2D eigenvalue weighted by Crippen LogP contribution is 2.30. The zero-order valence-electron chi connectivity index (χ0n) is 19.3. The number of thiazole rings is 1. The van der Waals surface area contributed by atoms with Crippen molar-refractivity contribution in [2.45, 2.75) is 44.7 Å². The summed E-state index contributed by atoms with van der Waals surface area (Å²) in [6.07, 6.45) is 3.01. The first-order valence-electron chi connectivity index (χ1n) is 11.5. The third-order valence-electron chi connectivity index (χ3n) is 6.34. The molecule has 4 heterocycles. The van der Waals surface area contributed by atoms with Crippen LogP contribution in [0.5, 0.6) is 5.75 Å². The fraction of sp³-hybridized carbons (Fsp3) is 0.583. The molecule has 0 unspecified atom stereocenters. The van der Waals surface area contributed by atoms with Crippen LogP contribution in [0.25, 0.3) is 10.6 Å². The molecule has 1 N–H and O–H groups in total. The Balaban J connectivity index is 1.38. The molecule has 0 radical (unpaired) electrons. The van der Waals surface area contributed by atoms with Crippen molar-refractivity contribution in [1.82, 2.24) is 20.1 Å². The number of methoxy groups -OCH3 is 1. The van der Waals surface area contributed by atoms with E-state index in [-0.39, 0.29) is 6.03 Å². The average Bonchev–Trinajstić information content (AvgIpc) is 3.11. The number of urea groups is 1. The molecule has 2 bridgehead atoms. The Labute approximate surface area is 194 Å². The fourth-order valence-electron chi connectivity index (χ4n) is 4.34. The summed E-state index contributed by atoms with van der Waals surface area (Å²) in [5.41, 5.74) is 1.39. The summed E-state index contributed by atoms with van der Waals surface area (Å²) >= 11 is 1.60. The maximum Gasteiger partial charge on any atom is 0.318 e. The van der Waals surface area contributed by atoms with Gasteiger partial charge in [0.2, 0.25) is 0 Å². The molecule has 3 saturated heterocycles. The van der Waals surface area contributed by atoms with Crippen molar-refractivity contribution in [2.24, 2.45) is 0 Å². The van der Waals surface area contributed by atoms with Crippen molar-refractivity contribution >= 4 is 17.4 Å². The van der Waals surface area contributed by atoms with Crippen LogP contribution in [-0.4, -0.2) is 73.4 Å². The molecule has 174 valence electrons. The van der Waals surface area contributed by atoms with Crippen LogP contribution in [-0.2, 0) is 10.3 Å². The lowest BCUT2D eigenvalue weighted by molar-refractivity contribution is 0.161. The molecule has 3 aliphatic heterocycles. The number of ether oxygens (including phenoxy) is 2. The Bertz CT molecular complexity index is 891. The second-order valence-corrected chi connectivity index (χ2v) is 9.94. The zero-order valence-corrected chi connectivity index (χ0v) is 20.1. The smallest absolute Gasteiger partial charge is 0.318 e. The van der Waals surface area contributed by atoms with Gasteiger partial charge in [0.1, 0.15) is 10.8 Å². The fourth-order valence-corrected chi connectivity index (χ4v) is 5.33. The van der Waals surface area contributed by atoms with Crippen LogP contribution in [0.3, 0.4) is 0 Å². The summed E-state index contributed by atoms with van der Waals surface area (Å²) in [6, 6.07) is 8.38. The molecular formula is C24H34N4O3S. The van der Waals surface area contributed by atoms with E-state index in [1.165, 1.54) is 0 Å². The number of hydrogen-bond acceptors (Lipinski definition) is 6. The highest BCUT2D eigenvalue weighted by molar-refractivity contribution is 7.13. The number of carbonyl (C=O) groups excluding carboxylic acids is 1. The Hall–Kier alpha value is -2.16. The van der Waals surface area contributed by atoms with Gasteiger partial charge in [-0.3, -0.25) is 0 Å². The van der Waals surface area contributed by atoms with Crippen molar-refractivity contribution in [3.8, 4) is 16.3 Å². The number of benzene rings is 1. The first kappa shape index (κ1) is 23.0. The standard InChI is InChI=1S/C24H34N4O3S/c1-24(2,26-23(29)28-14-13-27-11-9-19(28)10-12-27)21-17-32-22(25-21)18-5-7-20(8-6-18)31-16-4-15-30-3/h5-8,17,19H,4,9-16H2,1-3H3,(H,26,29). The minimum Gasteiger partial charge on any atom is -0.494 e. The van der Waals surface area contributed by atoms with Crippen LogP contribution in [0.1, 0.15) is 38.8 Å². The summed E-state index contributed by atoms with van der Waals surface area (Å²) < 4.78 is 10.8. The maximum absolute atomic E-state index is 13.1. The number of carbonyl (C=O) groups is 1. The van der Waals surface area contributed by atoms with E-state index in [2.05, 4.69) is 10.2 Å². The van der Waals surface area contributed by atoms with Gasteiger partial charge < -0.3 is 24.6 Å². The van der Waals surface area contributed by atoms with Crippen molar-refractivity contribution in [2.75, 3.05) is 46.5 Å². The van der Waals surface area contributed by atoms with Gasteiger partial charge in [-0.1, -0.05) is 0 Å². The van der Waals surface area contributed by atoms with E-state index >= 15 is 0 Å². The van der Waals surface area contributed by atoms with E-state index in [4.69, 9.17) is 14.5 Å². The second-order valence-electron chi connectivity index (χ2n) is 9.08. The molecule has 32 heavy (non-hydrogen) atoms. The highest BCUT2D eigenvalue weighted by atomic mass is 32.1. The van der Waals surface area contributed by atoms with E-state index in [1.807, 2.05) is 48.4 Å². The van der Waals surface area contributed by atoms with Crippen molar-refractivity contribution in [1.29, 1.82) is 0 Å². The Morgan fingerprint density at radius 2 is 1.91 bits per heavy atom. The summed E-state index contributed by atoms with van der Waals surface area (Å²) in [5.74, 6) is 0.845.